The Morgan fingerprint density at radius 2 is 2.11 bits per heavy atom. The van der Waals surface area contributed by atoms with Gasteiger partial charge in [0.15, 0.2) is 11.5 Å². The van der Waals surface area contributed by atoms with Gasteiger partial charge in [-0.1, -0.05) is 27.7 Å². The summed E-state index contributed by atoms with van der Waals surface area (Å²) in [6, 6.07) is 0. The summed E-state index contributed by atoms with van der Waals surface area (Å²) in [5.74, 6) is 1.21. The monoisotopic (exact) mass is 267 g/mol. The minimum atomic E-state index is 0.209. The Morgan fingerprint density at radius 3 is 2.78 bits per heavy atom. The lowest BCUT2D eigenvalue weighted by Crippen LogP contribution is -2.25. The molecule has 0 aliphatic heterocycles. The topological polar surface area (TPSA) is 66.5 Å². The average Bonchev–Trinajstić information content (AvgIpc) is 2.71. The summed E-state index contributed by atoms with van der Waals surface area (Å²) in [7, 11) is 0. The number of aromatic amines is 1. The van der Waals surface area contributed by atoms with E-state index in [1.807, 2.05) is 0 Å². The van der Waals surface area contributed by atoms with E-state index in [9.17, 15) is 0 Å². The normalized spacial score (nSPS) is 13.8. The van der Waals surface area contributed by atoms with E-state index in [1.54, 1.807) is 6.33 Å². The number of rotatable bonds is 3. The lowest BCUT2D eigenvalue weighted by molar-refractivity contribution is 0.274. The van der Waals surface area contributed by atoms with Gasteiger partial charge in [0.05, 0.1) is 6.33 Å². The van der Waals surface area contributed by atoms with Crippen LogP contribution in [0.1, 0.15) is 27.7 Å². The van der Waals surface area contributed by atoms with Crippen molar-refractivity contribution in [3.8, 4) is 0 Å². The Kier molecular flexibility index (Phi) is 3.43. The van der Waals surface area contributed by atoms with Crippen molar-refractivity contribution in [2.75, 3.05) is 11.9 Å². The van der Waals surface area contributed by atoms with Gasteiger partial charge in [-0.05, 0) is 22.9 Å². The molecule has 0 bridgehead atoms. The van der Waals surface area contributed by atoms with Gasteiger partial charge in [-0.25, -0.2) is 4.98 Å². The van der Waals surface area contributed by atoms with E-state index in [4.69, 9.17) is 11.6 Å². The van der Waals surface area contributed by atoms with Gasteiger partial charge in [0.2, 0.25) is 5.28 Å². The number of hydrogen-bond acceptors (Lipinski definition) is 4. The van der Waals surface area contributed by atoms with Crippen LogP contribution in [0.5, 0.6) is 0 Å². The van der Waals surface area contributed by atoms with E-state index < -0.39 is 0 Å². The summed E-state index contributed by atoms with van der Waals surface area (Å²) < 4.78 is 0. The van der Waals surface area contributed by atoms with Gasteiger partial charge in [-0.15, -0.1) is 0 Å². The maximum atomic E-state index is 5.87. The molecule has 18 heavy (non-hydrogen) atoms. The first-order chi connectivity index (χ1) is 8.38. The summed E-state index contributed by atoms with van der Waals surface area (Å²) in [4.78, 5) is 15.3. The van der Waals surface area contributed by atoms with Crippen LogP contribution in [0.15, 0.2) is 6.33 Å². The molecule has 0 saturated carbocycles. The van der Waals surface area contributed by atoms with Gasteiger partial charge in [0.1, 0.15) is 5.52 Å². The zero-order chi connectivity index (χ0) is 13.3. The SMILES string of the molecule is CC(CNc1nc(Cl)nc2nc[nH]c12)C(C)(C)C. The Balaban J connectivity index is 2.19. The molecular formula is C12H18ClN5. The van der Waals surface area contributed by atoms with Crippen molar-refractivity contribution in [1.82, 2.24) is 19.9 Å². The number of imidazole rings is 1. The van der Waals surface area contributed by atoms with Crippen molar-refractivity contribution in [3.05, 3.63) is 11.6 Å². The molecule has 0 spiro atoms. The van der Waals surface area contributed by atoms with E-state index in [0.717, 1.165) is 12.1 Å². The van der Waals surface area contributed by atoms with Crippen molar-refractivity contribution in [2.24, 2.45) is 11.3 Å². The zero-order valence-electron chi connectivity index (χ0n) is 11.1. The van der Waals surface area contributed by atoms with Crippen molar-refractivity contribution in [3.63, 3.8) is 0 Å². The molecule has 0 saturated heterocycles. The third-order valence-corrected chi connectivity index (χ3v) is 3.48. The zero-order valence-corrected chi connectivity index (χ0v) is 11.8. The van der Waals surface area contributed by atoms with Crippen LogP contribution in [-0.2, 0) is 0 Å². The number of anilines is 1. The molecule has 2 N–H and O–H groups in total. The maximum absolute atomic E-state index is 5.87. The molecule has 0 radical (unpaired) electrons. The highest BCUT2D eigenvalue weighted by molar-refractivity contribution is 6.28. The van der Waals surface area contributed by atoms with Crippen molar-refractivity contribution < 1.29 is 0 Å². The largest absolute Gasteiger partial charge is 0.368 e. The highest BCUT2D eigenvalue weighted by Crippen LogP contribution is 2.26. The molecule has 1 atom stereocenters. The minimum Gasteiger partial charge on any atom is -0.368 e. The maximum Gasteiger partial charge on any atom is 0.226 e. The van der Waals surface area contributed by atoms with Gasteiger partial charge in [-0.3, -0.25) is 0 Å². The predicted octanol–water partition coefficient (Wildman–Crippen LogP) is 3.10. The Morgan fingerprint density at radius 1 is 1.39 bits per heavy atom. The highest BCUT2D eigenvalue weighted by Gasteiger charge is 2.20. The van der Waals surface area contributed by atoms with Crippen LogP contribution in [0.4, 0.5) is 5.82 Å². The van der Waals surface area contributed by atoms with Crippen LogP contribution in [-0.4, -0.2) is 26.5 Å². The van der Waals surface area contributed by atoms with Crippen molar-refractivity contribution >= 4 is 28.6 Å². The molecule has 6 heteroatoms. The van der Waals surface area contributed by atoms with Gasteiger partial charge in [0.25, 0.3) is 0 Å². The molecule has 0 aliphatic rings. The molecular weight excluding hydrogens is 250 g/mol. The van der Waals surface area contributed by atoms with Crippen LogP contribution in [0.2, 0.25) is 5.28 Å². The second-order valence-electron chi connectivity index (χ2n) is 5.59. The molecule has 98 valence electrons. The average molecular weight is 268 g/mol. The van der Waals surface area contributed by atoms with Crippen LogP contribution in [0.25, 0.3) is 11.2 Å². The molecule has 0 aliphatic carbocycles. The molecule has 2 heterocycles. The van der Waals surface area contributed by atoms with Crippen LogP contribution >= 0.6 is 11.6 Å². The fourth-order valence-electron chi connectivity index (χ4n) is 1.49. The smallest absolute Gasteiger partial charge is 0.226 e. The number of H-pyrrole nitrogens is 1. The lowest BCUT2D eigenvalue weighted by Gasteiger charge is -2.27. The van der Waals surface area contributed by atoms with E-state index in [-0.39, 0.29) is 10.7 Å². The second-order valence-corrected chi connectivity index (χ2v) is 5.93. The quantitative estimate of drug-likeness (QED) is 0.839. The van der Waals surface area contributed by atoms with E-state index in [2.05, 4.69) is 52.9 Å². The number of nitrogens with zero attached hydrogens (tertiary/aromatic N) is 3. The van der Waals surface area contributed by atoms with Gasteiger partial charge in [-0.2, -0.15) is 9.97 Å². The van der Waals surface area contributed by atoms with Gasteiger partial charge < -0.3 is 10.3 Å². The lowest BCUT2D eigenvalue weighted by atomic mass is 9.82. The number of hydrogen-bond donors (Lipinski definition) is 2. The van der Waals surface area contributed by atoms with Crippen LogP contribution in [0, 0.1) is 11.3 Å². The summed E-state index contributed by atoms with van der Waals surface area (Å²) >= 11 is 5.87. The first-order valence-electron chi connectivity index (χ1n) is 5.98. The molecule has 2 aromatic heterocycles. The van der Waals surface area contributed by atoms with Crippen molar-refractivity contribution in [2.45, 2.75) is 27.7 Å². The summed E-state index contributed by atoms with van der Waals surface area (Å²) in [6.07, 6.45) is 1.59. The third kappa shape index (κ3) is 2.72. The number of aromatic nitrogens is 4. The van der Waals surface area contributed by atoms with E-state index in [1.165, 1.54) is 0 Å². The summed E-state index contributed by atoms with van der Waals surface area (Å²) in [6.45, 7) is 9.69. The standard InChI is InChI=1S/C12H18ClN5/c1-7(12(2,3)4)5-14-9-8-10(16-6-15-8)18-11(13)17-9/h6-7H,5H2,1-4H3,(H2,14,15,16,17,18). The molecule has 2 rings (SSSR count). The third-order valence-electron chi connectivity index (χ3n) is 3.31. The first-order valence-corrected chi connectivity index (χ1v) is 6.36. The van der Waals surface area contributed by atoms with Gasteiger partial charge in [0, 0.05) is 6.54 Å². The fraction of sp³-hybridized carbons (Fsp3) is 0.583. The predicted molar refractivity (Wildman–Crippen MR) is 73.8 cm³/mol. The van der Waals surface area contributed by atoms with Gasteiger partial charge >= 0.3 is 0 Å². The van der Waals surface area contributed by atoms with E-state index >= 15 is 0 Å². The molecule has 0 amide bonds. The summed E-state index contributed by atoms with van der Waals surface area (Å²) in [5.41, 5.74) is 1.62. The number of halogens is 1. The highest BCUT2D eigenvalue weighted by atomic mass is 35.5. The Labute approximate surface area is 111 Å². The van der Waals surface area contributed by atoms with E-state index in [0.29, 0.717) is 17.4 Å². The fourth-order valence-corrected chi connectivity index (χ4v) is 1.66. The molecule has 0 fully saturated rings. The first kappa shape index (κ1) is 13.1. The molecule has 1 unspecified atom stereocenters. The Hall–Kier alpha value is -1.36. The molecule has 2 aromatic rings. The number of nitrogens with one attached hydrogen (secondary N) is 2. The molecule has 0 aromatic carbocycles. The van der Waals surface area contributed by atoms with Crippen LogP contribution < -0.4 is 5.32 Å². The van der Waals surface area contributed by atoms with Crippen molar-refractivity contribution in [1.29, 1.82) is 0 Å². The molecule has 5 nitrogen and oxygen atoms in total. The number of fused-ring (bicyclic) bond motifs is 1. The minimum absolute atomic E-state index is 0.209. The van der Waals surface area contributed by atoms with Crippen LogP contribution in [0.3, 0.4) is 0 Å². The second kappa shape index (κ2) is 4.72. The Bertz CT molecular complexity index is 543. The summed E-state index contributed by atoms with van der Waals surface area (Å²) in [5, 5.41) is 3.52.